The minimum absolute atomic E-state index is 0.236. The number of phenolic OH excluding ortho intramolecular Hbond substituents is 1. The van der Waals surface area contributed by atoms with Gasteiger partial charge in [-0.15, -0.1) is 0 Å². The Bertz CT molecular complexity index is 594. The van der Waals surface area contributed by atoms with Gasteiger partial charge in [-0.05, 0) is 38.0 Å². The Hall–Kier alpha value is -1.94. The third-order valence-electron chi connectivity index (χ3n) is 3.16. The quantitative estimate of drug-likeness (QED) is 0.881. The summed E-state index contributed by atoms with van der Waals surface area (Å²) in [6, 6.07) is 9.72. The van der Waals surface area contributed by atoms with Crippen LogP contribution < -0.4 is 5.32 Å². The molecule has 3 rings (SSSR count). The standard InChI is InChI=1S/C15H17N3O/c1-10-7-13(9-16-12-5-6-12)18-15(17-10)11-3-2-4-14(19)8-11/h2-4,7-8,12,16,19H,5-6,9H2,1H3. The average Bonchev–Trinajstić information content (AvgIpc) is 3.20. The first-order chi connectivity index (χ1) is 9.20. The Morgan fingerprint density at radius 1 is 1.26 bits per heavy atom. The van der Waals surface area contributed by atoms with E-state index in [4.69, 9.17) is 0 Å². The van der Waals surface area contributed by atoms with E-state index < -0.39 is 0 Å². The van der Waals surface area contributed by atoms with Crippen LogP contribution in [0.4, 0.5) is 0 Å². The normalized spacial score (nSPS) is 14.6. The number of nitrogens with one attached hydrogen (secondary N) is 1. The lowest BCUT2D eigenvalue weighted by Crippen LogP contribution is -2.16. The van der Waals surface area contributed by atoms with Gasteiger partial charge in [-0.1, -0.05) is 12.1 Å². The lowest BCUT2D eigenvalue weighted by molar-refractivity contribution is 0.475. The van der Waals surface area contributed by atoms with Crippen molar-refractivity contribution in [2.24, 2.45) is 0 Å². The number of aromatic nitrogens is 2. The second kappa shape index (κ2) is 4.97. The number of aromatic hydroxyl groups is 1. The Balaban J connectivity index is 1.87. The highest BCUT2D eigenvalue weighted by atomic mass is 16.3. The second-order valence-electron chi connectivity index (χ2n) is 5.03. The fourth-order valence-corrected chi connectivity index (χ4v) is 2.03. The van der Waals surface area contributed by atoms with Gasteiger partial charge in [-0.3, -0.25) is 0 Å². The minimum atomic E-state index is 0.236. The van der Waals surface area contributed by atoms with Crippen LogP contribution in [-0.2, 0) is 6.54 Å². The fraction of sp³-hybridized carbons (Fsp3) is 0.333. The van der Waals surface area contributed by atoms with E-state index in [9.17, 15) is 5.11 Å². The van der Waals surface area contributed by atoms with Gasteiger partial charge in [0.2, 0.25) is 0 Å². The van der Waals surface area contributed by atoms with Crippen molar-refractivity contribution in [2.75, 3.05) is 0 Å². The molecule has 1 aliphatic rings. The summed E-state index contributed by atoms with van der Waals surface area (Å²) in [5.41, 5.74) is 2.79. The monoisotopic (exact) mass is 255 g/mol. The molecule has 1 aliphatic carbocycles. The van der Waals surface area contributed by atoms with Crippen molar-refractivity contribution in [3.05, 3.63) is 41.7 Å². The van der Waals surface area contributed by atoms with Gasteiger partial charge in [0.15, 0.2) is 5.82 Å². The van der Waals surface area contributed by atoms with E-state index in [1.165, 1.54) is 12.8 Å². The van der Waals surface area contributed by atoms with Gasteiger partial charge in [-0.2, -0.15) is 0 Å². The lowest BCUT2D eigenvalue weighted by atomic mass is 10.2. The summed E-state index contributed by atoms with van der Waals surface area (Å²) < 4.78 is 0. The van der Waals surface area contributed by atoms with Crippen molar-refractivity contribution in [3.63, 3.8) is 0 Å². The number of rotatable bonds is 4. The van der Waals surface area contributed by atoms with Crippen LogP contribution in [0.25, 0.3) is 11.4 Å². The van der Waals surface area contributed by atoms with Crippen molar-refractivity contribution in [1.29, 1.82) is 0 Å². The van der Waals surface area contributed by atoms with Crippen LogP contribution in [0.1, 0.15) is 24.2 Å². The zero-order valence-corrected chi connectivity index (χ0v) is 10.9. The van der Waals surface area contributed by atoms with Gasteiger partial charge in [0.05, 0.1) is 5.69 Å². The molecule has 0 aliphatic heterocycles. The van der Waals surface area contributed by atoms with Gasteiger partial charge >= 0.3 is 0 Å². The molecule has 0 radical (unpaired) electrons. The van der Waals surface area contributed by atoms with E-state index in [0.717, 1.165) is 23.5 Å². The van der Waals surface area contributed by atoms with Gasteiger partial charge in [0.1, 0.15) is 5.75 Å². The molecule has 1 aromatic carbocycles. The van der Waals surface area contributed by atoms with E-state index in [1.807, 2.05) is 19.1 Å². The number of hydrogen-bond acceptors (Lipinski definition) is 4. The maximum Gasteiger partial charge on any atom is 0.159 e. The maximum absolute atomic E-state index is 9.53. The van der Waals surface area contributed by atoms with Crippen molar-refractivity contribution in [2.45, 2.75) is 32.4 Å². The summed E-state index contributed by atoms with van der Waals surface area (Å²) in [4.78, 5) is 9.00. The molecule has 1 aromatic heterocycles. The van der Waals surface area contributed by atoms with E-state index in [2.05, 4.69) is 15.3 Å². The molecule has 19 heavy (non-hydrogen) atoms. The third-order valence-corrected chi connectivity index (χ3v) is 3.16. The summed E-state index contributed by atoms with van der Waals surface area (Å²) in [5.74, 6) is 0.906. The topological polar surface area (TPSA) is 58.0 Å². The van der Waals surface area contributed by atoms with Gasteiger partial charge in [0, 0.05) is 23.8 Å². The van der Waals surface area contributed by atoms with Gasteiger partial charge in [0.25, 0.3) is 0 Å². The molecule has 4 nitrogen and oxygen atoms in total. The van der Waals surface area contributed by atoms with Crippen LogP contribution in [-0.4, -0.2) is 21.1 Å². The zero-order chi connectivity index (χ0) is 13.2. The van der Waals surface area contributed by atoms with Gasteiger partial charge < -0.3 is 10.4 Å². The number of nitrogens with zero attached hydrogens (tertiary/aromatic N) is 2. The fourth-order valence-electron chi connectivity index (χ4n) is 2.03. The number of phenols is 1. The molecule has 0 unspecified atom stereocenters. The molecule has 98 valence electrons. The Morgan fingerprint density at radius 2 is 2.11 bits per heavy atom. The Labute approximate surface area is 112 Å². The highest BCUT2D eigenvalue weighted by Gasteiger charge is 2.20. The molecule has 2 aromatic rings. The smallest absolute Gasteiger partial charge is 0.159 e. The maximum atomic E-state index is 9.53. The molecule has 4 heteroatoms. The van der Waals surface area contributed by atoms with E-state index in [-0.39, 0.29) is 5.75 Å². The van der Waals surface area contributed by atoms with E-state index >= 15 is 0 Å². The van der Waals surface area contributed by atoms with Crippen LogP contribution in [0.15, 0.2) is 30.3 Å². The lowest BCUT2D eigenvalue weighted by Gasteiger charge is -2.07. The van der Waals surface area contributed by atoms with Crippen molar-refractivity contribution in [3.8, 4) is 17.1 Å². The average molecular weight is 255 g/mol. The number of hydrogen-bond donors (Lipinski definition) is 2. The zero-order valence-electron chi connectivity index (χ0n) is 10.9. The molecule has 1 heterocycles. The largest absolute Gasteiger partial charge is 0.508 e. The molecule has 1 saturated carbocycles. The van der Waals surface area contributed by atoms with E-state index in [0.29, 0.717) is 11.9 Å². The Kier molecular flexibility index (Phi) is 3.17. The van der Waals surface area contributed by atoms with Gasteiger partial charge in [-0.25, -0.2) is 9.97 Å². The first-order valence-electron chi connectivity index (χ1n) is 6.58. The molecular formula is C15H17N3O. The highest BCUT2D eigenvalue weighted by molar-refractivity contribution is 5.57. The predicted octanol–water partition coefficient (Wildman–Crippen LogP) is 2.41. The first-order valence-corrected chi connectivity index (χ1v) is 6.58. The van der Waals surface area contributed by atoms with Crippen molar-refractivity contribution in [1.82, 2.24) is 15.3 Å². The highest BCUT2D eigenvalue weighted by Crippen LogP contribution is 2.22. The summed E-state index contributed by atoms with van der Waals surface area (Å²) in [6.45, 7) is 2.74. The third kappa shape index (κ3) is 3.09. The van der Waals surface area contributed by atoms with Crippen LogP contribution in [0, 0.1) is 6.92 Å². The summed E-state index contributed by atoms with van der Waals surface area (Å²) in [6.07, 6.45) is 2.53. The first kappa shape index (κ1) is 12.1. The van der Waals surface area contributed by atoms with Crippen LogP contribution in [0.2, 0.25) is 0 Å². The Morgan fingerprint density at radius 3 is 2.84 bits per heavy atom. The number of aryl methyl sites for hydroxylation is 1. The van der Waals surface area contributed by atoms with Crippen molar-refractivity contribution >= 4 is 0 Å². The van der Waals surface area contributed by atoms with Crippen LogP contribution >= 0.6 is 0 Å². The molecule has 0 atom stereocenters. The van der Waals surface area contributed by atoms with Crippen molar-refractivity contribution < 1.29 is 5.11 Å². The van der Waals surface area contributed by atoms with Crippen LogP contribution in [0.3, 0.4) is 0 Å². The summed E-state index contributed by atoms with van der Waals surface area (Å²) >= 11 is 0. The molecule has 0 spiro atoms. The minimum Gasteiger partial charge on any atom is -0.508 e. The second-order valence-corrected chi connectivity index (χ2v) is 5.03. The van der Waals surface area contributed by atoms with Crippen LogP contribution in [0.5, 0.6) is 5.75 Å². The summed E-state index contributed by atoms with van der Waals surface area (Å²) in [7, 11) is 0. The molecule has 1 fully saturated rings. The molecule has 0 amide bonds. The molecule has 0 saturated heterocycles. The number of benzene rings is 1. The predicted molar refractivity (Wildman–Crippen MR) is 73.7 cm³/mol. The molecular weight excluding hydrogens is 238 g/mol. The summed E-state index contributed by atoms with van der Waals surface area (Å²) in [5, 5.41) is 13.0. The molecule has 2 N–H and O–H groups in total. The van der Waals surface area contributed by atoms with E-state index in [1.54, 1.807) is 18.2 Å². The molecule has 0 bridgehead atoms. The SMILES string of the molecule is Cc1cc(CNC2CC2)nc(-c2cccc(O)c2)n1.